The zero-order valence-corrected chi connectivity index (χ0v) is 17.2. The van der Waals surface area contributed by atoms with Gasteiger partial charge in [-0.2, -0.15) is 10.1 Å². The second-order valence-electron chi connectivity index (χ2n) is 8.41. The molecule has 2 aliphatic carbocycles. The predicted molar refractivity (Wildman–Crippen MR) is 111 cm³/mol. The van der Waals surface area contributed by atoms with E-state index in [4.69, 9.17) is 4.74 Å². The third-order valence-electron chi connectivity index (χ3n) is 6.02. The van der Waals surface area contributed by atoms with Gasteiger partial charge in [0.1, 0.15) is 0 Å². The zero-order valence-electron chi connectivity index (χ0n) is 17.2. The molecule has 6 heteroatoms. The monoisotopic (exact) mass is 390 g/mol. The number of ether oxygens (including phenoxy) is 1. The summed E-state index contributed by atoms with van der Waals surface area (Å²) in [5.41, 5.74) is 6.84. The maximum atomic E-state index is 12.5. The molecular weight excluding hydrogens is 364 g/mol. The fourth-order valence-electron chi connectivity index (χ4n) is 4.40. The molecule has 1 aromatic carbocycles. The Morgan fingerprint density at radius 1 is 1.24 bits per heavy atom. The summed E-state index contributed by atoms with van der Waals surface area (Å²) in [4.78, 5) is 17.1. The van der Waals surface area contributed by atoms with Crippen molar-refractivity contribution in [2.24, 2.45) is 7.05 Å². The fourth-order valence-corrected chi connectivity index (χ4v) is 4.40. The number of pyridine rings is 1. The van der Waals surface area contributed by atoms with Crippen LogP contribution < -0.4 is 10.1 Å². The van der Waals surface area contributed by atoms with Crippen LogP contribution in [0.1, 0.15) is 59.2 Å². The lowest BCUT2D eigenvalue weighted by Gasteiger charge is -2.15. The molecule has 2 aliphatic rings. The van der Waals surface area contributed by atoms with E-state index in [1.807, 2.05) is 17.8 Å². The number of nitrogens with one attached hydrogen (secondary N) is 1. The molecule has 2 aromatic heterocycles. The van der Waals surface area contributed by atoms with E-state index >= 15 is 0 Å². The standard InChI is InChI=1S/C23H26N4O2/c1-13-4-5-15-8-9-18(17(15)10-13)24-19(28)12-29-20-11-14(2)21-22(16-6-7-16)26-27(3)23(21)25-20/h4-5,10-11,16,18H,6-9,12H2,1-3H3,(H,24,28). The van der Waals surface area contributed by atoms with Gasteiger partial charge in [-0.1, -0.05) is 23.8 Å². The average Bonchev–Trinajstić information content (AvgIpc) is 3.39. The van der Waals surface area contributed by atoms with E-state index < -0.39 is 0 Å². The normalized spacial score (nSPS) is 18.1. The number of rotatable bonds is 5. The van der Waals surface area contributed by atoms with E-state index in [0.29, 0.717) is 11.8 Å². The third-order valence-corrected chi connectivity index (χ3v) is 6.02. The van der Waals surface area contributed by atoms with Crippen LogP contribution in [-0.4, -0.2) is 27.3 Å². The first kappa shape index (κ1) is 18.2. The summed E-state index contributed by atoms with van der Waals surface area (Å²) in [6.45, 7) is 4.10. The van der Waals surface area contributed by atoms with Crippen molar-refractivity contribution in [3.05, 3.63) is 52.2 Å². The lowest BCUT2D eigenvalue weighted by atomic mass is 10.1. The predicted octanol–water partition coefficient (Wildman–Crippen LogP) is 3.65. The van der Waals surface area contributed by atoms with Crippen LogP contribution in [0.15, 0.2) is 24.3 Å². The first-order valence-electron chi connectivity index (χ1n) is 10.4. The Morgan fingerprint density at radius 2 is 2.07 bits per heavy atom. The Balaban J connectivity index is 1.28. The van der Waals surface area contributed by atoms with Crippen molar-refractivity contribution in [3.63, 3.8) is 0 Å². The highest BCUT2D eigenvalue weighted by Crippen LogP contribution is 2.43. The molecule has 3 aromatic rings. The Morgan fingerprint density at radius 3 is 2.86 bits per heavy atom. The van der Waals surface area contributed by atoms with Crippen molar-refractivity contribution in [3.8, 4) is 5.88 Å². The van der Waals surface area contributed by atoms with Crippen LogP contribution in [0.4, 0.5) is 0 Å². The van der Waals surface area contributed by atoms with Gasteiger partial charge in [-0.05, 0) is 56.2 Å². The molecule has 0 saturated heterocycles. The molecule has 0 bridgehead atoms. The molecule has 0 spiro atoms. The molecule has 1 amide bonds. The van der Waals surface area contributed by atoms with Gasteiger partial charge in [-0.15, -0.1) is 0 Å². The number of aryl methyl sites for hydroxylation is 4. The number of amides is 1. The van der Waals surface area contributed by atoms with Crippen LogP contribution in [0.3, 0.4) is 0 Å². The number of nitrogens with zero attached hydrogens (tertiary/aromatic N) is 3. The Kier molecular flexibility index (Phi) is 4.30. The molecule has 1 N–H and O–H groups in total. The van der Waals surface area contributed by atoms with Gasteiger partial charge in [0.15, 0.2) is 12.3 Å². The minimum absolute atomic E-state index is 0.0388. The molecule has 150 valence electrons. The SMILES string of the molecule is Cc1ccc2c(c1)C(NC(=O)COc1cc(C)c3c(C4CC4)nn(C)c3n1)CC2. The number of fused-ring (bicyclic) bond motifs is 2. The molecule has 6 nitrogen and oxygen atoms in total. The largest absolute Gasteiger partial charge is 0.468 e. The van der Waals surface area contributed by atoms with Gasteiger partial charge >= 0.3 is 0 Å². The summed E-state index contributed by atoms with van der Waals surface area (Å²) >= 11 is 0. The molecule has 1 atom stereocenters. The average molecular weight is 390 g/mol. The second-order valence-corrected chi connectivity index (χ2v) is 8.41. The molecule has 2 heterocycles. The number of benzene rings is 1. The number of aromatic nitrogens is 3. The molecule has 1 unspecified atom stereocenters. The van der Waals surface area contributed by atoms with Crippen molar-refractivity contribution in [2.75, 3.05) is 6.61 Å². The number of carbonyl (C=O) groups excluding carboxylic acids is 1. The minimum atomic E-state index is -0.118. The third kappa shape index (κ3) is 3.37. The highest BCUT2D eigenvalue weighted by atomic mass is 16.5. The topological polar surface area (TPSA) is 69.0 Å². The quantitative estimate of drug-likeness (QED) is 0.722. The molecule has 29 heavy (non-hydrogen) atoms. The summed E-state index contributed by atoms with van der Waals surface area (Å²) in [6.07, 6.45) is 4.34. The molecule has 1 fully saturated rings. The van der Waals surface area contributed by atoms with Crippen molar-refractivity contribution < 1.29 is 9.53 Å². The van der Waals surface area contributed by atoms with Gasteiger partial charge in [-0.25, -0.2) is 0 Å². The second kappa shape index (κ2) is 6.87. The van der Waals surface area contributed by atoms with Crippen LogP contribution in [0, 0.1) is 13.8 Å². The fraction of sp³-hybridized carbons (Fsp3) is 0.435. The minimum Gasteiger partial charge on any atom is -0.468 e. The summed E-state index contributed by atoms with van der Waals surface area (Å²) in [5, 5.41) is 8.91. The Bertz CT molecular complexity index is 1110. The van der Waals surface area contributed by atoms with Gasteiger partial charge in [0.05, 0.1) is 11.7 Å². The zero-order chi connectivity index (χ0) is 20.1. The Hall–Kier alpha value is -2.89. The lowest BCUT2D eigenvalue weighted by Crippen LogP contribution is -2.31. The first-order chi connectivity index (χ1) is 14.0. The van der Waals surface area contributed by atoms with Gasteiger partial charge in [0.25, 0.3) is 5.91 Å². The summed E-state index contributed by atoms with van der Waals surface area (Å²) in [6, 6.07) is 8.45. The van der Waals surface area contributed by atoms with E-state index in [-0.39, 0.29) is 18.6 Å². The van der Waals surface area contributed by atoms with E-state index in [2.05, 4.69) is 47.4 Å². The molecular formula is C23H26N4O2. The van der Waals surface area contributed by atoms with E-state index in [9.17, 15) is 4.79 Å². The number of hydrogen-bond donors (Lipinski definition) is 1. The van der Waals surface area contributed by atoms with Gasteiger partial charge < -0.3 is 10.1 Å². The van der Waals surface area contributed by atoms with Crippen molar-refractivity contribution in [2.45, 2.75) is 51.5 Å². The van der Waals surface area contributed by atoms with Crippen LogP contribution in [0.25, 0.3) is 11.0 Å². The van der Waals surface area contributed by atoms with Crippen LogP contribution >= 0.6 is 0 Å². The Labute approximate surface area is 170 Å². The number of hydrogen-bond acceptors (Lipinski definition) is 4. The van der Waals surface area contributed by atoms with Crippen LogP contribution in [-0.2, 0) is 18.3 Å². The van der Waals surface area contributed by atoms with Gasteiger partial charge in [-0.3, -0.25) is 9.48 Å². The molecule has 1 saturated carbocycles. The van der Waals surface area contributed by atoms with E-state index in [0.717, 1.165) is 35.1 Å². The van der Waals surface area contributed by atoms with E-state index in [1.165, 1.54) is 29.5 Å². The molecule has 5 rings (SSSR count). The van der Waals surface area contributed by atoms with Crippen LogP contribution in [0.2, 0.25) is 0 Å². The smallest absolute Gasteiger partial charge is 0.258 e. The number of carbonyl (C=O) groups is 1. The maximum Gasteiger partial charge on any atom is 0.258 e. The lowest BCUT2D eigenvalue weighted by molar-refractivity contribution is -0.123. The van der Waals surface area contributed by atoms with E-state index in [1.54, 1.807) is 0 Å². The summed E-state index contributed by atoms with van der Waals surface area (Å²) in [7, 11) is 1.91. The van der Waals surface area contributed by atoms with Gasteiger partial charge in [0, 0.05) is 24.4 Å². The van der Waals surface area contributed by atoms with Gasteiger partial charge in [0.2, 0.25) is 5.88 Å². The first-order valence-corrected chi connectivity index (χ1v) is 10.4. The van der Waals surface area contributed by atoms with Crippen molar-refractivity contribution >= 4 is 16.9 Å². The molecule has 0 aliphatic heterocycles. The van der Waals surface area contributed by atoms with Crippen molar-refractivity contribution in [1.82, 2.24) is 20.1 Å². The molecule has 0 radical (unpaired) electrons. The highest BCUT2D eigenvalue weighted by molar-refractivity contribution is 5.84. The highest BCUT2D eigenvalue weighted by Gasteiger charge is 2.30. The van der Waals surface area contributed by atoms with Crippen molar-refractivity contribution in [1.29, 1.82) is 0 Å². The maximum absolute atomic E-state index is 12.5. The summed E-state index contributed by atoms with van der Waals surface area (Å²) < 4.78 is 7.57. The summed E-state index contributed by atoms with van der Waals surface area (Å²) in [5.74, 6) is 0.917. The van der Waals surface area contributed by atoms with Crippen LogP contribution in [0.5, 0.6) is 5.88 Å².